The Bertz CT molecular complexity index is 1380. The van der Waals surface area contributed by atoms with Crippen LogP contribution in [-0.4, -0.2) is 80.5 Å². The molecule has 8 heteroatoms. The first kappa shape index (κ1) is 31.7. The fraction of sp³-hybridized carbons (Fsp3) is 0.472. The minimum atomic E-state index is -1.20. The van der Waals surface area contributed by atoms with E-state index in [1.54, 1.807) is 26.9 Å². The van der Waals surface area contributed by atoms with Crippen molar-refractivity contribution in [2.75, 3.05) is 19.7 Å². The summed E-state index contributed by atoms with van der Waals surface area (Å²) in [5, 5.41) is 10.8. The molecule has 6 atom stereocenters. The lowest BCUT2D eigenvalue weighted by molar-refractivity contribution is -0.159. The molecule has 3 aliphatic heterocycles. The van der Waals surface area contributed by atoms with Crippen molar-refractivity contribution in [3.63, 3.8) is 0 Å². The standard InChI is InChI=1S/C36H45N3O5/c1-6-21-37(23-26-15-11-9-12-16-26)32(41)29-30-33(42)39(28(24-40)27-17-13-10-14-18-27)31(34(43)38(22-7-2)25(4)5)36(30)20-19-35(29,8-3)44-36/h6-7,9-18,25,28-31,40H,1-2,8,19-24H2,3-5H3/t28-,29-,30+,31?,35+,36?/m1/s1. The molecule has 2 aromatic rings. The van der Waals surface area contributed by atoms with Crippen LogP contribution in [-0.2, 0) is 25.7 Å². The molecule has 0 saturated carbocycles. The zero-order valence-corrected chi connectivity index (χ0v) is 26.1. The number of hydrogen-bond donors (Lipinski definition) is 1. The predicted octanol–water partition coefficient (Wildman–Crippen LogP) is 4.51. The molecule has 2 aromatic carbocycles. The van der Waals surface area contributed by atoms with E-state index in [4.69, 9.17) is 4.74 Å². The van der Waals surface area contributed by atoms with Crippen LogP contribution in [0, 0.1) is 11.8 Å². The third-order valence-corrected chi connectivity index (χ3v) is 9.92. The number of benzene rings is 2. The number of carbonyl (C=O) groups excluding carboxylic acids is 3. The number of aliphatic hydroxyl groups is 1. The third kappa shape index (κ3) is 5.08. The van der Waals surface area contributed by atoms with Crippen molar-refractivity contribution in [2.24, 2.45) is 11.8 Å². The molecule has 3 aliphatic rings. The summed E-state index contributed by atoms with van der Waals surface area (Å²) in [6, 6.07) is 17.1. The molecule has 1 spiro atoms. The van der Waals surface area contributed by atoms with E-state index in [1.165, 1.54) is 0 Å². The topological polar surface area (TPSA) is 90.4 Å². The molecular formula is C36H45N3O5. The van der Waals surface area contributed by atoms with Crippen LogP contribution in [0.25, 0.3) is 0 Å². The lowest BCUT2D eigenvalue weighted by Gasteiger charge is -2.40. The van der Waals surface area contributed by atoms with Gasteiger partial charge in [0.05, 0.1) is 30.1 Å². The second-order valence-corrected chi connectivity index (χ2v) is 12.6. The first-order chi connectivity index (χ1) is 21.2. The summed E-state index contributed by atoms with van der Waals surface area (Å²) in [6.45, 7) is 14.2. The largest absolute Gasteiger partial charge is 0.394 e. The van der Waals surface area contributed by atoms with E-state index < -0.39 is 35.1 Å². The summed E-state index contributed by atoms with van der Waals surface area (Å²) < 4.78 is 7.02. The predicted molar refractivity (Wildman–Crippen MR) is 169 cm³/mol. The SMILES string of the molecule is C=CCN(Cc1ccccc1)C(=O)[C@H]1[C@H]2C(=O)N([C@H](CO)c3ccccc3)C(C(=O)N(CC=C)C(C)C)C23CC[C@]1(CC)O3. The Kier molecular flexibility index (Phi) is 9.14. The van der Waals surface area contributed by atoms with Crippen molar-refractivity contribution in [3.05, 3.63) is 97.1 Å². The molecule has 3 heterocycles. The summed E-state index contributed by atoms with van der Waals surface area (Å²) in [6.07, 6.45) is 4.95. The van der Waals surface area contributed by atoms with Gasteiger partial charge in [-0.3, -0.25) is 14.4 Å². The normalized spacial score (nSPS) is 27.7. The molecular weight excluding hydrogens is 554 g/mol. The summed E-state index contributed by atoms with van der Waals surface area (Å²) in [7, 11) is 0. The lowest BCUT2D eigenvalue weighted by atomic mass is 9.64. The van der Waals surface area contributed by atoms with Gasteiger partial charge >= 0.3 is 0 Å². The van der Waals surface area contributed by atoms with Crippen LogP contribution in [0.2, 0.25) is 0 Å². The van der Waals surface area contributed by atoms with E-state index in [0.717, 1.165) is 11.1 Å². The number of carbonyl (C=O) groups is 3. The molecule has 0 radical (unpaired) electrons. The maximum atomic E-state index is 14.9. The van der Waals surface area contributed by atoms with E-state index in [-0.39, 0.29) is 30.4 Å². The van der Waals surface area contributed by atoms with Crippen molar-refractivity contribution in [1.82, 2.24) is 14.7 Å². The zero-order valence-electron chi connectivity index (χ0n) is 26.1. The first-order valence-electron chi connectivity index (χ1n) is 15.7. The van der Waals surface area contributed by atoms with E-state index >= 15 is 0 Å². The maximum Gasteiger partial charge on any atom is 0.248 e. The number of fused-ring (bicyclic) bond motifs is 1. The van der Waals surface area contributed by atoms with Gasteiger partial charge in [-0.1, -0.05) is 79.7 Å². The van der Waals surface area contributed by atoms with Crippen LogP contribution >= 0.6 is 0 Å². The van der Waals surface area contributed by atoms with Crippen molar-refractivity contribution in [1.29, 1.82) is 0 Å². The summed E-state index contributed by atoms with van der Waals surface area (Å²) >= 11 is 0. The summed E-state index contributed by atoms with van der Waals surface area (Å²) in [4.78, 5) is 49.2. The highest BCUT2D eigenvalue weighted by Gasteiger charge is 2.79. The number of nitrogens with zero attached hydrogens (tertiary/aromatic N) is 3. The Morgan fingerprint density at radius 3 is 2.23 bits per heavy atom. The number of hydrogen-bond acceptors (Lipinski definition) is 5. The van der Waals surface area contributed by atoms with Crippen molar-refractivity contribution in [2.45, 2.75) is 75.9 Å². The Morgan fingerprint density at radius 1 is 1.02 bits per heavy atom. The number of aliphatic hydroxyl groups excluding tert-OH is 1. The molecule has 234 valence electrons. The molecule has 5 rings (SSSR count). The van der Waals surface area contributed by atoms with Crippen molar-refractivity contribution >= 4 is 17.7 Å². The highest BCUT2D eigenvalue weighted by molar-refractivity contribution is 5.99. The quantitative estimate of drug-likeness (QED) is 0.342. The van der Waals surface area contributed by atoms with Gasteiger partial charge < -0.3 is 24.5 Å². The Hall–Kier alpha value is -3.75. The van der Waals surface area contributed by atoms with Gasteiger partial charge in [0, 0.05) is 25.7 Å². The number of likely N-dealkylation sites (tertiary alicyclic amines) is 1. The second kappa shape index (κ2) is 12.7. The monoisotopic (exact) mass is 599 g/mol. The van der Waals surface area contributed by atoms with Crippen LogP contribution in [0.15, 0.2) is 86.0 Å². The third-order valence-electron chi connectivity index (χ3n) is 9.92. The Balaban J connectivity index is 1.64. The summed E-state index contributed by atoms with van der Waals surface area (Å²) in [5.74, 6) is -2.39. The van der Waals surface area contributed by atoms with Gasteiger partial charge in [-0.05, 0) is 44.2 Å². The van der Waals surface area contributed by atoms with Crippen LogP contribution in [0.5, 0.6) is 0 Å². The molecule has 44 heavy (non-hydrogen) atoms. The molecule has 3 fully saturated rings. The molecule has 1 N–H and O–H groups in total. The van der Waals surface area contributed by atoms with Crippen LogP contribution in [0.1, 0.15) is 57.2 Å². The highest BCUT2D eigenvalue weighted by Crippen LogP contribution is 2.65. The Morgan fingerprint density at radius 2 is 1.66 bits per heavy atom. The Labute approximate surface area is 261 Å². The molecule has 3 amide bonds. The number of rotatable bonds is 13. The van der Waals surface area contributed by atoms with E-state index in [2.05, 4.69) is 13.2 Å². The van der Waals surface area contributed by atoms with Crippen molar-refractivity contribution in [3.8, 4) is 0 Å². The average Bonchev–Trinajstić information content (AvgIpc) is 3.64. The maximum absolute atomic E-state index is 14.9. The number of amides is 3. The smallest absolute Gasteiger partial charge is 0.248 e. The van der Waals surface area contributed by atoms with Crippen LogP contribution < -0.4 is 0 Å². The molecule has 3 saturated heterocycles. The van der Waals surface area contributed by atoms with Gasteiger partial charge in [0.2, 0.25) is 17.7 Å². The van der Waals surface area contributed by atoms with E-state index in [0.29, 0.717) is 38.9 Å². The summed E-state index contributed by atoms with van der Waals surface area (Å²) in [5.41, 5.74) is -0.382. The highest BCUT2D eigenvalue weighted by atomic mass is 16.5. The lowest BCUT2D eigenvalue weighted by Crippen LogP contribution is -2.58. The molecule has 0 aromatic heterocycles. The van der Waals surface area contributed by atoms with Gasteiger partial charge in [0.25, 0.3) is 0 Å². The fourth-order valence-electron chi connectivity index (χ4n) is 7.92. The molecule has 2 bridgehead atoms. The van der Waals surface area contributed by atoms with Gasteiger partial charge in [-0.25, -0.2) is 0 Å². The van der Waals surface area contributed by atoms with Crippen molar-refractivity contribution < 1.29 is 24.2 Å². The van der Waals surface area contributed by atoms with Gasteiger partial charge in [0.15, 0.2) is 0 Å². The van der Waals surface area contributed by atoms with E-state index in [1.807, 2.05) is 81.4 Å². The minimum Gasteiger partial charge on any atom is -0.394 e. The van der Waals surface area contributed by atoms with Crippen LogP contribution in [0.4, 0.5) is 0 Å². The first-order valence-corrected chi connectivity index (χ1v) is 15.7. The number of ether oxygens (including phenoxy) is 1. The van der Waals surface area contributed by atoms with Crippen LogP contribution in [0.3, 0.4) is 0 Å². The minimum absolute atomic E-state index is 0.165. The molecule has 0 aliphatic carbocycles. The van der Waals surface area contributed by atoms with Gasteiger partial charge in [-0.15, -0.1) is 13.2 Å². The molecule has 2 unspecified atom stereocenters. The molecule has 8 nitrogen and oxygen atoms in total. The van der Waals surface area contributed by atoms with E-state index in [9.17, 15) is 19.5 Å². The average molecular weight is 600 g/mol. The fourth-order valence-corrected chi connectivity index (χ4v) is 7.92. The zero-order chi connectivity index (χ0) is 31.6. The van der Waals surface area contributed by atoms with Gasteiger partial charge in [-0.2, -0.15) is 0 Å². The van der Waals surface area contributed by atoms with Gasteiger partial charge in [0.1, 0.15) is 11.6 Å². The second-order valence-electron chi connectivity index (χ2n) is 12.6.